The van der Waals surface area contributed by atoms with Crippen molar-refractivity contribution in [3.05, 3.63) is 206 Å². The molecule has 13 rings (SSSR count). The number of para-hydroxylation sites is 5. The number of hydrogen-bond donors (Lipinski definition) is 0. The van der Waals surface area contributed by atoms with Gasteiger partial charge in [0.1, 0.15) is 5.58 Å². The molecule has 11 aromatic rings. The van der Waals surface area contributed by atoms with Gasteiger partial charge >= 0.3 is 0 Å². The molecule has 0 bridgehead atoms. The summed E-state index contributed by atoms with van der Waals surface area (Å²) >= 11 is 0. The molecule has 0 N–H and O–H groups in total. The Kier molecular flexibility index (Phi) is 6.60. The van der Waals surface area contributed by atoms with Crippen molar-refractivity contribution in [2.75, 3.05) is 4.90 Å². The normalized spacial score (nSPS) is 17.3. The van der Waals surface area contributed by atoms with Crippen LogP contribution in [0.5, 0.6) is 0 Å². The van der Waals surface area contributed by atoms with Gasteiger partial charge in [0.25, 0.3) is 0 Å². The highest BCUT2D eigenvalue weighted by atomic mass is 16.3. The largest absolute Gasteiger partial charge is 0.454 e. The number of nitrogens with zero attached hydrogens (tertiary/aromatic N) is 3. The summed E-state index contributed by atoms with van der Waals surface area (Å²) in [5.41, 5.74) is 14.5. The van der Waals surface area contributed by atoms with Gasteiger partial charge in [0.05, 0.1) is 33.8 Å². The van der Waals surface area contributed by atoms with Gasteiger partial charge in [-0.1, -0.05) is 127 Å². The molecule has 3 aromatic heterocycles. The summed E-state index contributed by atoms with van der Waals surface area (Å²) < 4.78 is 11.8. The molecule has 59 heavy (non-hydrogen) atoms. The molecule has 4 heterocycles. The van der Waals surface area contributed by atoms with E-state index in [-0.39, 0.29) is 11.5 Å². The van der Waals surface area contributed by atoms with Crippen molar-refractivity contribution >= 4 is 76.9 Å². The lowest BCUT2D eigenvalue weighted by molar-refractivity contribution is 0.551. The number of benzene rings is 8. The highest BCUT2D eigenvalue weighted by Crippen LogP contribution is 2.58. The summed E-state index contributed by atoms with van der Waals surface area (Å²) in [6, 6.07) is 64.0. The number of hydrogen-bond acceptors (Lipinski definition) is 2. The molecule has 0 saturated carbocycles. The van der Waals surface area contributed by atoms with Crippen molar-refractivity contribution in [3.63, 3.8) is 0 Å². The van der Waals surface area contributed by atoms with Gasteiger partial charge < -0.3 is 18.5 Å². The zero-order valence-electron chi connectivity index (χ0n) is 32.4. The maximum atomic E-state index is 7.00. The summed E-state index contributed by atoms with van der Waals surface area (Å²) in [5.74, 6) is 0. The molecule has 0 spiro atoms. The fourth-order valence-corrected chi connectivity index (χ4v) is 10.5. The van der Waals surface area contributed by atoms with E-state index in [0.717, 1.165) is 44.7 Å². The first-order chi connectivity index (χ1) is 29.2. The van der Waals surface area contributed by atoms with Crippen molar-refractivity contribution in [1.82, 2.24) is 9.13 Å². The average Bonchev–Trinajstić information content (AvgIpc) is 4.01. The second kappa shape index (κ2) is 12.0. The first-order valence-corrected chi connectivity index (χ1v) is 20.5. The summed E-state index contributed by atoms with van der Waals surface area (Å²) in [6.07, 6.45) is 9.23. The minimum absolute atomic E-state index is 0.00999. The maximum Gasteiger partial charge on any atom is 0.159 e. The topological polar surface area (TPSA) is 26.2 Å². The lowest BCUT2D eigenvalue weighted by atomic mass is 9.73. The Bertz CT molecular complexity index is 3580. The Balaban J connectivity index is 1.12. The highest BCUT2D eigenvalue weighted by molar-refractivity contribution is 6.16. The lowest BCUT2D eigenvalue weighted by Gasteiger charge is -2.35. The molecule has 2 atom stereocenters. The molecule has 8 aromatic carbocycles. The van der Waals surface area contributed by atoms with Crippen LogP contribution in [0.1, 0.15) is 12.5 Å². The van der Waals surface area contributed by atoms with E-state index in [1.54, 1.807) is 0 Å². The minimum atomic E-state index is -0.360. The zero-order chi connectivity index (χ0) is 38.8. The molecular formula is C55H37N3O. The Morgan fingerprint density at radius 2 is 1.08 bits per heavy atom. The SMILES string of the molecule is CC12C=CC=CC1N(c1ccc3c4ccccc4n(-c4ccccc4)c3c1)c1c2c(-c2ccc3c(c2)c2ccccc2n3-c2ccccc2)cc2c1oc1ccccc12. The molecule has 0 amide bonds. The van der Waals surface area contributed by atoms with Gasteiger partial charge in [-0.2, -0.15) is 0 Å². The van der Waals surface area contributed by atoms with Crippen LogP contribution in [0.25, 0.3) is 88.1 Å². The predicted molar refractivity (Wildman–Crippen MR) is 246 cm³/mol. The third kappa shape index (κ3) is 4.43. The van der Waals surface area contributed by atoms with Gasteiger partial charge in [-0.05, 0) is 96.4 Å². The van der Waals surface area contributed by atoms with Crippen molar-refractivity contribution in [2.45, 2.75) is 18.4 Å². The smallest absolute Gasteiger partial charge is 0.159 e. The van der Waals surface area contributed by atoms with Crippen molar-refractivity contribution < 1.29 is 4.42 Å². The fraction of sp³-hybridized carbons (Fsp3) is 0.0545. The first kappa shape index (κ1) is 32.5. The van der Waals surface area contributed by atoms with Gasteiger partial charge in [0.15, 0.2) is 5.58 Å². The summed E-state index contributed by atoms with van der Waals surface area (Å²) in [4.78, 5) is 2.57. The van der Waals surface area contributed by atoms with E-state index in [2.05, 4.69) is 221 Å². The maximum absolute atomic E-state index is 7.00. The minimum Gasteiger partial charge on any atom is -0.454 e. The van der Waals surface area contributed by atoms with Crippen molar-refractivity contribution in [3.8, 4) is 22.5 Å². The van der Waals surface area contributed by atoms with E-state index < -0.39 is 0 Å². The van der Waals surface area contributed by atoms with Crippen LogP contribution in [-0.4, -0.2) is 15.2 Å². The van der Waals surface area contributed by atoms with E-state index in [4.69, 9.17) is 4.42 Å². The number of furan rings is 1. The van der Waals surface area contributed by atoms with Crippen LogP contribution >= 0.6 is 0 Å². The Morgan fingerprint density at radius 3 is 1.83 bits per heavy atom. The van der Waals surface area contributed by atoms with Gasteiger partial charge in [0, 0.05) is 54.8 Å². The van der Waals surface area contributed by atoms with Crippen LogP contribution in [0.3, 0.4) is 0 Å². The van der Waals surface area contributed by atoms with Gasteiger partial charge in [0.2, 0.25) is 0 Å². The van der Waals surface area contributed by atoms with Crippen LogP contribution in [0.15, 0.2) is 205 Å². The molecule has 1 aliphatic heterocycles. The second-order valence-electron chi connectivity index (χ2n) is 16.3. The van der Waals surface area contributed by atoms with Crippen LogP contribution in [0, 0.1) is 0 Å². The summed E-state index contributed by atoms with van der Waals surface area (Å²) in [6.45, 7) is 2.41. The number of fused-ring (bicyclic) bond motifs is 13. The van der Waals surface area contributed by atoms with Gasteiger partial charge in [-0.15, -0.1) is 0 Å². The molecule has 0 fully saturated rings. The van der Waals surface area contributed by atoms with E-state index in [1.807, 2.05) is 0 Å². The van der Waals surface area contributed by atoms with Gasteiger partial charge in [-0.25, -0.2) is 0 Å². The average molecular weight is 756 g/mol. The third-order valence-corrected chi connectivity index (χ3v) is 13.1. The van der Waals surface area contributed by atoms with Crippen LogP contribution < -0.4 is 4.90 Å². The molecule has 4 nitrogen and oxygen atoms in total. The molecular weight excluding hydrogens is 719 g/mol. The molecule has 4 heteroatoms. The molecule has 0 saturated heterocycles. The molecule has 2 aliphatic rings. The Labute approximate surface area is 340 Å². The standard InChI is InChI=1S/C55H37N3O/c1-55-31-15-14-26-51(55)58(38-28-29-41-39-20-8-11-23-46(39)57(49(41)33-38)37-18-6-3-7-19-37)53-52(55)43(34-45-42-22-10-13-25-50(42)59-54(45)53)35-27-30-48-44(32-35)40-21-9-12-24-47(40)56(48)36-16-4-2-5-17-36/h2-34,51H,1H3. The second-order valence-corrected chi connectivity index (χ2v) is 16.3. The fourth-order valence-electron chi connectivity index (χ4n) is 10.5. The van der Waals surface area contributed by atoms with Crippen LogP contribution in [0.4, 0.5) is 11.4 Å². The van der Waals surface area contributed by atoms with Gasteiger partial charge in [-0.3, -0.25) is 0 Å². The number of rotatable bonds is 4. The quantitative estimate of drug-likeness (QED) is 0.179. The van der Waals surface area contributed by atoms with Crippen molar-refractivity contribution in [1.29, 1.82) is 0 Å². The predicted octanol–water partition coefficient (Wildman–Crippen LogP) is 14.4. The Morgan fingerprint density at radius 1 is 0.475 bits per heavy atom. The molecule has 1 aliphatic carbocycles. The first-order valence-electron chi connectivity index (χ1n) is 20.5. The van der Waals surface area contributed by atoms with E-state index in [9.17, 15) is 0 Å². The zero-order valence-corrected chi connectivity index (χ0v) is 32.4. The highest BCUT2D eigenvalue weighted by Gasteiger charge is 2.50. The van der Waals surface area contributed by atoms with E-state index >= 15 is 0 Å². The number of aromatic nitrogens is 2. The summed E-state index contributed by atoms with van der Waals surface area (Å²) in [5, 5.41) is 7.21. The number of allylic oxidation sites excluding steroid dienone is 2. The molecule has 2 unspecified atom stereocenters. The van der Waals surface area contributed by atoms with E-state index in [0.29, 0.717) is 0 Å². The summed E-state index contributed by atoms with van der Waals surface area (Å²) in [7, 11) is 0. The van der Waals surface area contributed by atoms with E-state index in [1.165, 1.54) is 60.3 Å². The Hall–Kier alpha value is -7.56. The monoisotopic (exact) mass is 755 g/mol. The molecule has 0 radical (unpaired) electrons. The van der Waals surface area contributed by atoms with Crippen LogP contribution in [0.2, 0.25) is 0 Å². The van der Waals surface area contributed by atoms with Crippen LogP contribution in [-0.2, 0) is 5.41 Å². The molecule has 278 valence electrons. The van der Waals surface area contributed by atoms with Crippen molar-refractivity contribution in [2.24, 2.45) is 0 Å². The third-order valence-electron chi connectivity index (χ3n) is 13.1. The lowest BCUT2D eigenvalue weighted by Crippen LogP contribution is -2.39. The number of anilines is 2.